The molecule has 2 aromatic carbocycles. The summed E-state index contributed by atoms with van der Waals surface area (Å²) >= 11 is 5.68. The van der Waals surface area contributed by atoms with Crippen molar-refractivity contribution < 1.29 is 14.3 Å². The molecule has 0 amide bonds. The number of carbonyl (C=O) groups is 1. The highest BCUT2D eigenvalue weighted by molar-refractivity contribution is 7.80. The fourth-order valence-electron chi connectivity index (χ4n) is 3.33. The molecule has 0 spiro atoms. The maximum atomic E-state index is 11.5. The van der Waals surface area contributed by atoms with Gasteiger partial charge in [0.2, 0.25) is 0 Å². The summed E-state index contributed by atoms with van der Waals surface area (Å²) in [5, 5.41) is 3.30. The molecule has 0 saturated carbocycles. The van der Waals surface area contributed by atoms with Crippen molar-refractivity contribution in [1.82, 2.24) is 0 Å². The Morgan fingerprint density at radius 1 is 1.21 bits per heavy atom. The molecule has 0 saturated heterocycles. The smallest absolute Gasteiger partial charge is 0.308 e. The third-order valence-corrected chi connectivity index (χ3v) is 5.48. The van der Waals surface area contributed by atoms with Crippen molar-refractivity contribution in [3.63, 3.8) is 0 Å². The molecule has 1 atom stereocenters. The van der Waals surface area contributed by atoms with Gasteiger partial charge in [0, 0.05) is 18.2 Å². The van der Waals surface area contributed by atoms with E-state index < -0.39 is 5.60 Å². The third kappa shape index (κ3) is 4.36. The molecule has 0 fully saturated rings. The molecule has 2 aromatic rings. The fraction of sp³-hybridized carbons (Fsp3) is 0.391. The van der Waals surface area contributed by atoms with Gasteiger partial charge in [-0.3, -0.25) is 4.79 Å². The summed E-state index contributed by atoms with van der Waals surface area (Å²) in [6.07, 6.45) is 1.54. The highest BCUT2D eigenvalue weighted by Crippen LogP contribution is 2.42. The van der Waals surface area contributed by atoms with E-state index >= 15 is 0 Å². The summed E-state index contributed by atoms with van der Waals surface area (Å²) in [7, 11) is 0. The monoisotopic (exact) mass is 397 g/mol. The minimum atomic E-state index is -0.601. The lowest BCUT2D eigenvalue weighted by molar-refractivity contribution is -0.131. The van der Waals surface area contributed by atoms with Crippen molar-refractivity contribution in [2.45, 2.75) is 58.5 Å². The Balaban J connectivity index is 1.91. The Labute approximate surface area is 172 Å². The van der Waals surface area contributed by atoms with Crippen LogP contribution in [0.4, 0.5) is 5.69 Å². The number of ether oxygens (including phenoxy) is 2. The zero-order chi connectivity index (χ0) is 20.5. The van der Waals surface area contributed by atoms with Gasteiger partial charge < -0.3 is 14.8 Å². The summed E-state index contributed by atoms with van der Waals surface area (Å²) in [5.41, 5.74) is 2.12. The highest BCUT2D eigenvalue weighted by Gasteiger charge is 2.37. The number of benzene rings is 2. The highest BCUT2D eigenvalue weighted by atomic mass is 32.1. The molecule has 1 heterocycles. The van der Waals surface area contributed by atoms with Crippen LogP contribution in [-0.2, 0) is 16.6 Å². The number of aryl methyl sites for hydroxylation is 1. The van der Waals surface area contributed by atoms with Gasteiger partial charge in [-0.05, 0) is 55.0 Å². The van der Waals surface area contributed by atoms with Gasteiger partial charge in [0.15, 0.2) is 5.60 Å². The second-order valence-electron chi connectivity index (χ2n) is 8.45. The topological polar surface area (TPSA) is 47.6 Å². The SMILES string of the molecule is CC(=O)Oc1cc2c(cc1C(C)(C)C)OC(C)(C(=S)Nc1ccccc1)CC2. The van der Waals surface area contributed by atoms with Gasteiger partial charge in [0.05, 0.1) is 0 Å². The minimum absolute atomic E-state index is 0.195. The predicted molar refractivity (Wildman–Crippen MR) is 116 cm³/mol. The van der Waals surface area contributed by atoms with Gasteiger partial charge in [0.25, 0.3) is 0 Å². The van der Waals surface area contributed by atoms with Gasteiger partial charge in [-0.2, -0.15) is 0 Å². The van der Waals surface area contributed by atoms with Crippen LogP contribution < -0.4 is 14.8 Å². The lowest BCUT2D eigenvalue weighted by Gasteiger charge is -2.37. The van der Waals surface area contributed by atoms with Gasteiger partial charge in [-0.1, -0.05) is 51.2 Å². The molecule has 148 valence electrons. The molecular formula is C23H27NO3S. The van der Waals surface area contributed by atoms with Gasteiger partial charge in [-0.15, -0.1) is 0 Å². The van der Waals surface area contributed by atoms with E-state index in [2.05, 4.69) is 26.1 Å². The summed E-state index contributed by atoms with van der Waals surface area (Å²) in [6, 6.07) is 13.8. The lowest BCUT2D eigenvalue weighted by Crippen LogP contribution is -2.46. The summed E-state index contributed by atoms with van der Waals surface area (Å²) in [5.74, 6) is 1.09. The average Bonchev–Trinajstić information content (AvgIpc) is 2.61. The molecule has 0 aromatic heterocycles. The predicted octanol–water partition coefficient (Wildman–Crippen LogP) is 5.43. The van der Waals surface area contributed by atoms with E-state index in [-0.39, 0.29) is 11.4 Å². The second-order valence-corrected chi connectivity index (χ2v) is 8.86. The van der Waals surface area contributed by atoms with Crippen LogP contribution in [-0.4, -0.2) is 16.6 Å². The zero-order valence-corrected chi connectivity index (χ0v) is 17.9. The Morgan fingerprint density at radius 2 is 1.89 bits per heavy atom. The van der Waals surface area contributed by atoms with Crippen molar-refractivity contribution in [2.24, 2.45) is 0 Å². The lowest BCUT2D eigenvalue weighted by atomic mass is 9.83. The van der Waals surface area contributed by atoms with E-state index in [1.807, 2.05) is 49.4 Å². The van der Waals surface area contributed by atoms with Crippen LogP contribution in [0, 0.1) is 0 Å². The summed E-state index contributed by atoms with van der Waals surface area (Å²) in [4.78, 5) is 12.2. The van der Waals surface area contributed by atoms with Crippen molar-refractivity contribution in [3.8, 4) is 11.5 Å². The third-order valence-electron chi connectivity index (χ3n) is 4.94. The number of anilines is 1. The van der Waals surface area contributed by atoms with Crippen molar-refractivity contribution >= 4 is 28.9 Å². The molecule has 3 rings (SSSR count). The first-order chi connectivity index (χ1) is 13.1. The Hall–Kier alpha value is -2.40. The van der Waals surface area contributed by atoms with Crippen molar-refractivity contribution in [3.05, 3.63) is 53.6 Å². The average molecular weight is 398 g/mol. The quantitative estimate of drug-likeness (QED) is 0.425. The first-order valence-corrected chi connectivity index (χ1v) is 9.91. The molecule has 5 heteroatoms. The van der Waals surface area contributed by atoms with Crippen molar-refractivity contribution in [2.75, 3.05) is 5.32 Å². The number of para-hydroxylation sites is 1. The van der Waals surface area contributed by atoms with E-state index in [4.69, 9.17) is 21.7 Å². The Kier molecular flexibility index (Phi) is 5.48. The minimum Gasteiger partial charge on any atom is -0.480 e. The van der Waals surface area contributed by atoms with Gasteiger partial charge in [0.1, 0.15) is 16.5 Å². The normalized spacial score (nSPS) is 18.6. The van der Waals surface area contributed by atoms with Crippen LogP contribution in [0.25, 0.3) is 0 Å². The fourth-order valence-corrected chi connectivity index (χ4v) is 3.59. The number of rotatable bonds is 3. The van der Waals surface area contributed by atoms with Crippen LogP contribution in [0.5, 0.6) is 11.5 Å². The summed E-state index contributed by atoms with van der Waals surface area (Å²) in [6.45, 7) is 9.71. The van der Waals surface area contributed by atoms with Crippen molar-refractivity contribution in [1.29, 1.82) is 0 Å². The van der Waals surface area contributed by atoms with E-state index in [0.29, 0.717) is 10.7 Å². The van der Waals surface area contributed by atoms with E-state index in [1.165, 1.54) is 6.92 Å². The number of hydrogen-bond donors (Lipinski definition) is 1. The number of hydrogen-bond acceptors (Lipinski definition) is 4. The van der Waals surface area contributed by atoms with Crippen LogP contribution >= 0.6 is 12.2 Å². The van der Waals surface area contributed by atoms with E-state index in [1.54, 1.807) is 0 Å². The van der Waals surface area contributed by atoms with E-state index in [0.717, 1.165) is 35.4 Å². The Morgan fingerprint density at radius 3 is 2.50 bits per heavy atom. The van der Waals surface area contributed by atoms with Crippen LogP contribution in [0.1, 0.15) is 52.2 Å². The molecule has 1 unspecified atom stereocenters. The zero-order valence-electron chi connectivity index (χ0n) is 17.1. The number of nitrogens with one attached hydrogen (secondary N) is 1. The Bertz CT molecular complexity index is 902. The molecule has 4 nitrogen and oxygen atoms in total. The molecule has 28 heavy (non-hydrogen) atoms. The van der Waals surface area contributed by atoms with Crippen LogP contribution in [0.2, 0.25) is 0 Å². The number of fused-ring (bicyclic) bond motifs is 1. The number of carbonyl (C=O) groups excluding carboxylic acids is 1. The molecule has 0 bridgehead atoms. The van der Waals surface area contributed by atoms with Crippen LogP contribution in [0.15, 0.2) is 42.5 Å². The molecular weight excluding hydrogens is 370 g/mol. The van der Waals surface area contributed by atoms with Gasteiger partial charge in [-0.25, -0.2) is 0 Å². The van der Waals surface area contributed by atoms with Crippen LogP contribution in [0.3, 0.4) is 0 Å². The molecule has 1 aliphatic heterocycles. The summed E-state index contributed by atoms with van der Waals surface area (Å²) < 4.78 is 11.9. The standard InChI is InChI=1S/C23H27NO3S/c1-15(25)26-20-13-16-11-12-23(5,21(28)24-17-9-7-6-8-10-17)27-19(16)14-18(20)22(2,3)4/h6-10,13-14H,11-12H2,1-5H3,(H,24,28). The first-order valence-electron chi connectivity index (χ1n) is 9.50. The van der Waals surface area contributed by atoms with E-state index in [9.17, 15) is 4.79 Å². The molecule has 1 aliphatic rings. The number of esters is 1. The molecule has 0 radical (unpaired) electrons. The van der Waals surface area contributed by atoms with Gasteiger partial charge >= 0.3 is 5.97 Å². The molecule has 1 N–H and O–H groups in total. The maximum Gasteiger partial charge on any atom is 0.308 e. The largest absolute Gasteiger partial charge is 0.480 e. The number of thiocarbonyl (C=S) groups is 1. The second kappa shape index (κ2) is 7.55. The maximum absolute atomic E-state index is 11.5. The molecule has 0 aliphatic carbocycles. The first kappa shape index (κ1) is 20.3.